The molecule has 4 heteroatoms. The van der Waals surface area contributed by atoms with E-state index in [1.165, 1.54) is 31.5 Å². The monoisotopic (exact) mass is 276 g/mol. The van der Waals surface area contributed by atoms with Crippen molar-refractivity contribution in [2.24, 2.45) is 5.92 Å². The zero-order chi connectivity index (χ0) is 14.5. The van der Waals surface area contributed by atoms with Crippen molar-refractivity contribution < 1.29 is 9.90 Å². The molecule has 1 heterocycles. The van der Waals surface area contributed by atoms with E-state index >= 15 is 0 Å². The van der Waals surface area contributed by atoms with Crippen molar-refractivity contribution in [3.05, 3.63) is 35.4 Å². The van der Waals surface area contributed by atoms with Crippen molar-refractivity contribution in [3.63, 3.8) is 0 Å². The number of aromatic carboxylic acids is 1. The molecule has 0 spiro atoms. The van der Waals surface area contributed by atoms with Gasteiger partial charge >= 0.3 is 5.97 Å². The van der Waals surface area contributed by atoms with Crippen LogP contribution in [0.2, 0.25) is 0 Å². The molecule has 1 aliphatic heterocycles. The maximum Gasteiger partial charge on any atom is 0.335 e. The maximum atomic E-state index is 10.8. The van der Waals surface area contributed by atoms with E-state index in [1.807, 2.05) is 12.1 Å². The van der Waals surface area contributed by atoms with Crippen LogP contribution in [0.4, 0.5) is 0 Å². The summed E-state index contributed by atoms with van der Waals surface area (Å²) in [5.74, 6) is -0.118. The lowest BCUT2D eigenvalue weighted by atomic mass is 9.98. The Kier molecular flexibility index (Phi) is 5.15. The van der Waals surface area contributed by atoms with Gasteiger partial charge in [-0.05, 0) is 57.1 Å². The van der Waals surface area contributed by atoms with Crippen LogP contribution in [0, 0.1) is 5.92 Å². The molecule has 1 aromatic rings. The van der Waals surface area contributed by atoms with Crippen LogP contribution in [0.1, 0.15) is 28.8 Å². The highest BCUT2D eigenvalue weighted by molar-refractivity contribution is 5.87. The molecule has 1 atom stereocenters. The van der Waals surface area contributed by atoms with E-state index in [2.05, 4.69) is 23.9 Å². The Morgan fingerprint density at radius 2 is 2.10 bits per heavy atom. The van der Waals surface area contributed by atoms with Gasteiger partial charge < -0.3 is 14.9 Å². The number of benzene rings is 1. The van der Waals surface area contributed by atoms with Gasteiger partial charge in [-0.3, -0.25) is 0 Å². The number of hydrogen-bond donors (Lipinski definition) is 1. The van der Waals surface area contributed by atoms with Crippen LogP contribution >= 0.6 is 0 Å². The Bertz CT molecular complexity index is 444. The highest BCUT2D eigenvalue weighted by Gasteiger charge is 2.18. The van der Waals surface area contributed by atoms with Gasteiger partial charge in [0.15, 0.2) is 0 Å². The minimum Gasteiger partial charge on any atom is -0.478 e. The Morgan fingerprint density at radius 3 is 2.70 bits per heavy atom. The predicted octanol–water partition coefficient (Wildman–Crippen LogP) is 2.16. The van der Waals surface area contributed by atoms with Gasteiger partial charge in [-0.1, -0.05) is 12.1 Å². The molecule has 2 rings (SSSR count). The molecule has 4 nitrogen and oxygen atoms in total. The molecule has 0 aliphatic carbocycles. The first-order chi connectivity index (χ1) is 9.54. The van der Waals surface area contributed by atoms with Crippen LogP contribution in [0.15, 0.2) is 24.3 Å². The number of piperidine rings is 1. The van der Waals surface area contributed by atoms with E-state index < -0.39 is 5.97 Å². The topological polar surface area (TPSA) is 43.8 Å². The number of rotatable bonds is 5. The molecule has 1 saturated heterocycles. The van der Waals surface area contributed by atoms with Crippen LogP contribution in [0.3, 0.4) is 0 Å². The summed E-state index contributed by atoms with van der Waals surface area (Å²) in [5, 5.41) is 8.88. The van der Waals surface area contributed by atoms with Crippen LogP contribution in [-0.2, 0) is 6.54 Å². The second-order valence-electron chi connectivity index (χ2n) is 5.97. The smallest absolute Gasteiger partial charge is 0.335 e. The summed E-state index contributed by atoms with van der Waals surface area (Å²) in [6.45, 7) is 4.38. The lowest BCUT2D eigenvalue weighted by molar-refractivity contribution is 0.0697. The molecule has 1 aliphatic rings. The quantitative estimate of drug-likeness (QED) is 0.895. The van der Waals surface area contributed by atoms with Crippen LogP contribution in [-0.4, -0.2) is 54.6 Å². The molecule has 1 N–H and O–H groups in total. The van der Waals surface area contributed by atoms with E-state index in [9.17, 15) is 4.79 Å². The standard InChI is InChI=1S/C16H24N2O2/c1-17-9-3-4-14(11-17)12-18(2)10-13-5-7-15(8-6-13)16(19)20/h5-8,14H,3-4,9-12H2,1-2H3,(H,19,20). The minimum atomic E-state index is -0.866. The second kappa shape index (κ2) is 6.86. The predicted molar refractivity (Wildman–Crippen MR) is 80.0 cm³/mol. The van der Waals surface area contributed by atoms with E-state index in [0.717, 1.165) is 19.0 Å². The third kappa shape index (κ3) is 4.32. The first kappa shape index (κ1) is 15.0. The highest BCUT2D eigenvalue weighted by atomic mass is 16.4. The fraction of sp³-hybridized carbons (Fsp3) is 0.562. The molecular formula is C16H24N2O2. The zero-order valence-corrected chi connectivity index (χ0v) is 12.4. The first-order valence-electron chi connectivity index (χ1n) is 7.24. The zero-order valence-electron chi connectivity index (χ0n) is 12.4. The average Bonchev–Trinajstić information content (AvgIpc) is 2.39. The van der Waals surface area contributed by atoms with Crippen molar-refractivity contribution in [1.82, 2.24) is 9.80 Å². The number of carboxylic acid groups (broad SMARTS) is 1. The molecule has 1 aromatic carbocycles. The lowest BCUT2D eigenvalue weighted by Gasteiger charge is -2.32. The van der Waals surface area contributed by atoms with Gasteiger partial charge in [0.1, 0.15) is 0 Å². The Balaban J connectivity index is 1.84. The van der Waals surface area contributed by atoms with E-state index in [4.69, 9.17) is 5.11 Å². The summed E-state index contributed by atoms with van der Waals surface area (Å²) in [6, 6.07) is 7.18. The highest BCUT2D eigenvalue weighted by Crippen LogP contribution is 2.17. The molecular weight excluding hydrogens is 252 g/mol. The van der Waals surface area contributed by atoms with Crippen molar-refractivity contribution in [2.75, 3.05) is 33.7 Å². The summed E-state index contributed by atoms with van der Waals surface area (Å²) in [4.78, 5) is 15.6. The van der Waals surface area contributed by atoms with Crippen LogP contribution in [0.25, 0.3) is 0 Å². The third-order valence-electron chi connectivity index (χ3n) is 3.95. The largest absolute Gasteiger partial charge is 0.478 e. The Labute approximate surface area is 121 Å². The lowest BCUT2D eigenvalue weighted by Crippen LogP contribution is -2.37. The molecule has 0 aromatic heterocycles. The Hall–Kier alpha value is -1.39. The summed E-state index contributed by atoms with van der Waals surface area (Å²) >= 11 is 0. The minimum absolute atomic E-state index is 0.352. The van der Waals surface area contributed by atoms with Crippen molar-refractivity contribution in [3.8, 4) is 0 Å². The molecule has 1 unspecified atom stereocenters. The van der Waals surface area contributed by atoms with Crippen molar-refractivity contribution in [2.45, 2.75) is 19.4 Å². The van der Waals surface area contributed by atoms with Gasteiger partial charge in [-0.25, -0.2) is 4.79 Å². The van der Waals surface area contributed by atoms with Crippen LogP contribution in [0.5, 0.6) is 0 Å². The van der Waals surface area contributed by atoms with Crippen LogP contribution < -0.4 is 0 Å². The number of nitrogens with zero attached hydrogens (tertiary/aromatic N) is 2. The fourth-order valence-electron chi connectivity index (χ4n) is 2.99. The van der Waals surface area contributed by atoms with Crippen molar-refractivity contribution >= 4 is 5.97 Å². The fourth-order valence-corrected chi connectivity index (χ4v) is 2.99. The van der Waals surface area contributed by atoms with E-state index in [0.29, 0.717) is 5.56 Å². The number of likely N-dealkylation sites (tertiary alicyclic amines) is 1. The molecule has 0 saturated carbocycles. The summed E-state index contributed by atoms with van der Waals surface area (Å²) in [6.07, 6.45) is 2.61. The van der Waals surface area contributed by atoms with Gasteiger partial charge in [0, 0.05) is 19.6 Å². The van der Waals surface area contributed by atoms with Gasteiger partial charge in [0.05, 0.1) is 5.56 Å². The molecule has 20 heavy (non-hydrogen) atoms. The number of carbonyl (C=O) groups is 1. The molecule has 0 bridgehead atoms. The number of hydrogen-bond acceptors (Lipinski definition) is 3. The Morgan fingerprint density at radius 1 is 1.40 bits per heavy atom. The number of carboxylic acids is 1. The summed E-state index contributed by atoms with van der Waals surface area (Å²) in [5.41, 5.74) is 1.52. The summed E-state index contributed by atoms with van der Waals surface area (Å²) in [7, 11) is 4.33. The van der Waals surface area contributed by atoms with Gasteiger partial charge in [0.25, 0.3) is 0 Å². The maximum absolute atomic E-state index is 10.8. The SMILES string of the molecule is CN1CCCC(CN(C)Cc2ccc(C(=O)O)cc2)C1. The molecule has 0 radical (unpaired) electrons. The average molecular weight is 276 g/mol. The molecule has 110 valence electrons. The van der Waals surface area contributed by atoms with Gasteiger partial charge in [-0.15, -0.1) is 0 Å². The van der Waals surface area contributed by atoms with Gasteiger partial charge in [0.2, 0.25) is 0 Å². The van der Waals surface area contributed by atoms with Gasteiger partial charge in [-0.2, -0.15) is 0 Å². The molecule has 0 amide bonds. The van der Waals surface area contributed by atoms with Crippen molar-refractivity contribution in [1.29, 1.82) is 0 Å². The van der Waals surface area contributed by atoms with E-state index in [-0.39, 0.29) is 0 Å². The van der Waals surface area contributed by atoms with E-state index in [1.54, 1.807) is 12.1 Å². The third-order valence-corrected chi connectivity index (χ3v) is 3.95. The first-order valence-corrected chi connectivity index (χ1v) is 7.24. The molecule has 1 fully saturated rings. The summed E-state index contributed by atoms with van der Waals surface area (Å²) < 4.78 is 0. The normalized spacial score (nSPS) is 20.2. The second-order valence-corrected chi connectivity index (χ2v) is 5.97.